The molecule has 0 aliphatic carbocycles. The molecule has 0 aromatic heterocycles. The molecule has 106 valence electrons. The maximum Gasteiger partial charge on any atom is 0.407 e. The van der Waals surface area contributed by atoms with E-state index in [1.807, 2.05) is 12.1 Å². The van der Waals surface area contributed by atoms with Crippen molar-refractivity contribution in [2.45, 2.75) is 12.2 Å². The summed E-state index contributed by atoms with van der Waals surface area (Å²) in [5.74, 6) is 1.05. The molecule has 0 saturated carbocycles. The second kappa shape index (κ2) is 5.85. The maximum atomic E-state index is 12.5. The summed E-state index contributed by atoms with van der Waals surface area (Å²) in [5, 5.41) is 0. The number of nitrogens with two attached hydrogens (primary N) is 1. The topological polar surface area (TPSA) is 35.2 Å². The molecule has 1 atom stereocenters. The van der Waals surface area contributed by atoms with Gasteiger partial charge in [0.2, 0.25) is 0 Å². The predicted molar refractivity (Wildman–Crippen MR) is 73.6 cm³/mol. The SMILES string of the molecule is N[C@H](c1ccc(Oc2ccc(Br)cc2)cc1)C(F)(F)F. The number of benzene rings is 2. The molecule has 0 heterocycles. The molecule has 2 aromatic carbocycles. The first-order chi connectivity index (χ1) is 9.36. The molecule has 0 fully saturated rings. The number of hydrogen-bond acceptors (Lipinski definition) is 2. The van der Waals surface area contributed by atoms with Crippen molar-refractivity contribution in [2.75, 3.05) is 0 Å². The molecule has 0 aliphatic heterocycles. The molecule has 0 aliphatic rings. The minimum absolute atomic E-state index is 0.000608. The van der Waals surface area contributed by atoms with E-state index in [2.05, 4.69) is 15.9 Å². The van der Waals surface area contributed by atoms with Crippen LogP contribution in [0.25, 0.3) is 0 Å². The van der Waals surface area contributed by atoms with Gasteiger partial charge < -0.3 is 10.5 Å². The molecule has 2 nitrogen and oxygen atoms in total. The van der Waals surface area contributed by atoms with E-state index >= 15 is 0 Å². The van der Waals surface area contributed by atoms with E-state index < -0.39 is 12.2 Å². The third-order valence-corrected chi connectivity index (χ3v) is 3.17. The number of rotatable bonds is 3. The van der Waals surface area contributed by atoms with Gasteiger partial charge in [-0.3, -0.25) is 0 Å². The van der Waals surface area contributed by atoms with Crippen LogP contribution in [0, 0.1) is 0 Å². The molecule has 2 rings (SSSR count). The Kier molecular flexibility index (Phi) is 4.35. The monoisotopic (exact) mass is 345 g/mol. The minimum Gasteiger partial charge on any atom is -0.457 e. The molecule has 2 aromatic rings. The van der Waals surface area contributed by atoms with E-state index in [9.17, 15) is 13.2 Å². The summed E-state index contributed by atoms with van der Waals surface area (Å²) in [6.45, 7) is 0. The molecular formula is C14H11BrF3NO. The van der Waals surface area contributed by atoms with Crippen molar-refractivity contribution in [3.05, 3.63) is 58.6 Å². The highest BCUT2D eigenvalue weighted by Crippen LogP contribution is 2.32. The average Bonchev–Trinajstić information content (AvgIpc) is 2.40. The highest BCUT2D eigenvalue weighted by atomic mass is 79.9. The van der Waals surface area contributed by atoms with Crippen molar-refractivity contribution in [1.29, 1.82) is 0 Å². The largest absolute Gasteiger partial charge is 0.457 e. The van der Waals surface area contributed by atoms with Crippen molar-refractivity contribution in [2.24, 2.45) is 5.73 Å². The number of ether oxygens (including phenoxy) is 1. The van der Waals surface area contributed by atoms with Crippen molar-refractivity contribution in [1.82, 2.24) is 0 Å². The highest BCUT2D eigenvalue weighted by Gasteiger charge is 2.37. The van der Waals surface area contributed by atoms with E-state index in [1.165, 1.54) is 24.3 Å². The lowest BCUT2D eigenvalue weighted by atomic mass is 10.1. The van der Waals surface area contributed by atoms with Crippen molar-refractivity contribution in [3.63, 3.8) is 0 Å². The lowest BCUT2D eigenvalue weighted by Crippen LogP contribution is -2.28. The van der Waals surface area contributed by atoms with Crippen LogP contribution >= 0.6 is 15.9 Å². The molecule has 2 N–H and O–H groups in total. The van der Waals surface area contributed by atoms with Gasteiger partial charge in [-0.25, -0.2) is 0 Å². The number of alkyl halides is 3. The molecule has 0 spiro atoms. The van der Waals surface area contributed by atoms with Crippen LogP contribution in [-0.2, 0) is 0 Å². The van der Waals surface area contributed by atoms with Crippen LogP contribution < -0.4 is 10.5 Å². The van der Waals surface area contributed by atoms with Gasteiger partial charge in [-0.05, 0) is 42.0 Å². The van der Waals surface area contributed by atoms with Gasteiger partial charge in [-0.15, -0.1) is 0 Å². The van der Waals surface area contributed by atoms with Crippen LogP contribution in [0.15, 0.2) is 53.0 Å². The second-order valence-electron chi connectivity index (χ2n) is 4.14. The molecule has 0 bridgehead atoms. The van der Waals surface area contributed by atoms with Crippen molar-refractivity contribution in [3.8, 4) is 11.5 Å². The minimum atomic E-state index is -4.45. The van der Waals surface area contributed by atoms with Crippen molar-refractivity contribution < 1.29 is 17.9 Å². The molecule has 20 heavy (non-hydrogen) atoms. The standard InChI is InChI=1S/C14H11BrF3NO/c15-10-3-7-12(8-4-10)20-11-5-1-9(2-6-11)13(19)14(16,17)18/h1-8,13H,19H2/t13-/m1/s1. The van der Waals surface area contributed by atoms with Gasteiger partial charge in [-0.1, -0.05) is 28.1 Å². The summed E-state index contributed by atoms with van der Waals surface area (Å²) in [5.41, 5.74) is 5.12. The molecule has 0 amide bonds. The zero-order valence-corrected chi connectivity index (χ0v) is 11.8. The van der Waals surface area contributed by atoms with Crippen LogP contribution in [0.1, 0.15) is 11.6 Å². The average molecular weight is 346 g/mol. The van der Waals surface area contributed by atoms with Gasteiger partial charge in [0.25, 0.3) is 0 Å². The quantitative estimate of drug-likeness (QED) is 0.866. The number of hydrogen-bond donors (Lipinski definition) is 1. The van der Waals surface area contributed by atoms with E-state index in [-0.39, 0.29) is 5.56 Å². The Labute approximate surface area is 122 Å². The van der Waals surface area contributed by atoms with Crippen LogP contribution in [0.5, 0.6) is 11.5 Å². The summed E-state index contributed by atoms with van der Waals surface area (Å²) >= 11 is 3.30. The van der Waals surface area contributed by atoms with E-state index in [0.717, 1.165) is 4.47 Å². The summed E-state index contributed by atoms with van der Waals surface area (Å²) in [7, 11) is 0. The van der Waals surface area contributed by atoms with Crippen LogP contribution in [0.4, 0.5) is 13.2 Å². The van der Waals surface area contributed by atoms with E-state index in [1.54, 1.807) is 12.1 Å². The first-order valence-corrected chi connectivity index (χ1v) is 6.51. The Morgan fingerprint density at radius 2 is 1.35 bits per heavy atom. The van der Waals surface area contributed by atoms with Crippen LogP contribution in [0.2, 0.25) is 0 Å². The fraction of sp³-hybridized carbons (Fsp3) is 0.143. The zero-order chi connectivity index (χ0) is 14.8. The lowest BCUT2D eigenvalue weighted by molar-refractivity contribution is -0.149. The summed E-state index contributed by atoms with van der Waals surface area (Å²) in [6, 6.07) is 10.7. The van der Waals surface area contributed by atoms with Gasteiger partial charge in [0.05, 0.1) is 0 Å². The molecule has 6 heteroatoms. The normalized spacial score (nSPS) is 13.1. The first kappa shape index (κ1) is 14.9. The Morgan fingerprint density at radius 1 is 0.900 bits per heavy atom. The fourth-order valence-corrected chi connectivity index (χ4v) is 1.84. The Hall–Kier alpha value is -1.53. The summed E-state index contributed by atoms with van der Waals surface area (Å²) < 4.78 is 43.8. The smallest absolute Gasteiger partial charge is 0.407 e. The van der Waals surface area contributed by atoms with E-state index in [0.29, 0.717) is 11.5 Å². The second-order valence-corrected chi connectivity index (χ2v) is 5.06. The third-order valence-electron chi connectivity index (χ3n) is 2.64. The zero-order valence-electron chi connectivity index (χ0n) is 10.2. The lowest BCUT2D eigenvalue weighted by Gasteiger charge is -2.16. The Bertz CT molecular complexity index is 566. The summed E-state index contributed by atoms with van der Waals surface area (Å²) in [4.78, 5) is 0. The van der Waals surface area contributed by atoms with Gasteiger partial charge in [0.1, 0.15) is 17.5 Å². The van der Waals surface area contributed by atoms with Gasteiger partial charge in [-0.2, -0.15) is 13.2 Å². The first-order valence-electron chi connectivity index (χ1n) is 5.72. The Balaban J connectivity index is 2.10. The predicted octanol–water partition coefficient (Wildman–Crippen LogP) is 4.80. The Morgan fingerprint density at radius 3 is 1.80 bits per heavy atom. The molecule has 0 radical (unpaired) electrons. The van der Waals surface area contributed by atoms with Gasteiger partial charge in [0.15, 0.2) is 0 Å². The third kappa shape index (κ3) is 3.74. The van der Waals surface area contributed by atoms with Gasteiger partial charge in [0, 0.05) is 4.47 Å². The van der Waals surface area contributed by atoms with Crippen molar-refractivity contribution >= 4 is 15.9 Å². The van der Waals surface area contributed by atoms with Crippen LogP contribution in [-0.4, -0.2) is 6.18 Å². The molecular weight excluding hydrogens is 335 g/mol. The molecule has 0 unspecified atom stereocenters. The molecule has 0 saturated heterocycles. The number of halogens is 4. The van der Waals surface area contributed by atoms with Gasteiger partial charge >= 0.3 is 6.18 Å². The van der Waals surface area contributed by atoms with Crippen LogP contribution in [0.3, 0.4) is 0 Å². The summed E-state index contributed by atoms with van der Waals surface area (Å²) in [6.07, 6.45) is -4.45. The maximum absolute atomic E-state index is 12.5. The van der Waals surface area contributed by atoms with E-state index in [4.69, 9.17) is 10.5 Å². The highest BCUT2D eigenvalue weighted by molar-refractivity contribution is 9.10. The fourth-order valence-electron chi connectivity index (χ4n) is 1.57.